The lowest BCUT2D eigenvalue weighted by atomic mass is 10.1. The molecule has 1 amide bonds. The number of aromatic nitrogens is 2. The van der Waals surface area contributed by atoms with Crippen molar-refractivity contribution < 1.29 is 33.0 Å². The molecule has 0 unspecified atom stereocenters. The van der Waals surface area contributed by atoms with Crippen LogP contribution in [-0.4, -0.2) is 60.5 Å². The zero-order valence-corrected chi connectivity index (χ0v) is 18.7. The molecule has 3 N–H and O–H groups in total. The first kappa shape index (κ1) is 22.8. The number of benzene rings is 1. The normalized spacial score (nSPS) is 19.4. The van der Waals surface area contributed by atoms with E-state index < -0.39 is 15.7 Å². The molecule has 1 aromatic carbocycles. The highest BCUT2D eigenvalue weighted by Crippen LogP contribution is 2.33. The van der Waals surface area contributed by atoms with Crippen LogP contribution < -0.4 is 10.3 Å². The second kappa shape index (κ2) is 9.63. The standard InChI is InChI=1S/C21H23N5O6S/c1-13(25-28)18-10-23-19(11-22-18)24-21(27)20(26-32-15-8-9-31-12-15)14-2-4-16(5-3-14)33(29,30)17-6-7-17/h2-5,10-11,15,17,28H,6-9,12H2,1H3,(H,23,24,27)/p+1/b25-13-,26-20?/t15-/m1/s1. The van der Waals surface area contributed by atoms with E-state index in [4.69, 9.17) is 14.8 Å². The maximum absolute atomic E-state index is 13.0. The van der Waals surface area contributed by atoms with E-state index in [2.05, 4.69) is 25.6 Å². The number of nitrogens with zero attached hydrogens (tertiary/aromatic N) is 3. The van der Waals surface area contributed by atoms with E-state index in [1.807, 2.05) is 0 Å². The molecule has 0 bridgehead atoms. The quantitative estimate of drug-likeness (QED) is 0.331. The van der Waals surface area contributed by atoms with E-state index in [0.717, 1.165) is 0 Å². The van der Waals surface area contributed by atoms with Gasteiger partial charge in [0.05, 0.1) is 23.4 Å². The van der Waals surface area contributed by atoms with Crippen LogP contribution >= 0.6 is 0 Å². The van der Waals surface area contributed by atoms with Crippen molar-refractivity contribution in [3.8, 4) is 0 Å². The molecule has 1 atom stereocenters. The fourth-order valence-corrected chi connectivity index (χ4v) is 4.83. The first-order valence-corrected chi connectivity index (χ1v) is 12.0. The van der Waals surface area contributed by atoms with E-state index in [-0.39, 0.29) is 27.8 Å². The highest BCUT2D eigenvalue weighted by molar-refractivity contribution is 7.92. The van der Waals surface area contributed by atoms with Gasteiger partial charge < -0.3 is 14.8 Å². The molecule has 0 spiro atoms. The number of aromatic amines is 1. The Morgan fingerprint density at radius 3 is 2.61 bits per heavy atom. The van der Waals surface area contributed by atoms with Crippen LogP contribution in [-0.2, 0) is 24.2 Å². The Balaban J connectivity index is 1.56. The van der Waals surface area contributed by atoms with Crippen molar-refractivity contribution in [2.45, 2.75) is 42.4 Å². The van der Waals surface area contributed by atoms with Gasteiger partial charge in [0.2, 0.25) is 0 Å². The van der Waals surface area contributed by atoms with Crippen molar-refractivity contribution >= 4 is 33.0 Å². The number of hydrogen-bond acceptors (Lipinski definition) is 9. The Morgan fingerprint density at radius 2 is 2.03 bits per heavy atom. The van der Waals surface area contributed by atoms with Crippen molar-refractivity contribution in [2.24, 2.45) is 10.3 Å². The van der Waals surface area contributed by atoms with Gasteiger partial charge in [-0.05, 0) is 31.9 Å². The van der Waals surface area contributed by atoms with Gasteiger partial charge in [0.25, 0.3) is 5.82 Å². The predicted octanol–water partition coefficient (Wildman–Crippen LogP) is 1.18. The first-order chi connectivity index (χ1) is 15.9. The minimum absolute atomic E-state index is 0.0251. The molecular formula is C21H24N5O6S+. The summed E-state index contributed by atoms with van der Waals surface area (Å²) in [6.45, 7) is 2.51. The smallest absolute Gasteiger partial charge is 0.361 e. The highest BCUT2D eigenvalue weighted by atomic mass is 32.2. The Morgan fingerprint density at radius 1 is 1.27 bits per heavy atom. The van der Waals surface area contributed by atoms with E-state index >= 15 is 0 Å². The van der Waals surface area contributed by atoms with Crippen molar-refractivity contribution in [3.05, 3.63) is 47.9 Å². The predicted molar refractivity (Wildman–Crippen MR) is 117 cm³/mol. The van der Waals surface area contributed by atoms with Crippen molar-refractivity contribution in [2.75, 3.05) is 18.5 Å². The van der Waals surface area contributed by atoms with Crippen LogP contribution in [0.1, 0.15) is 37.4 Å². The Hall–Kier alpha value is -3.38. The second-order valence-corrected chi connectivity index (χ2v) is 10.0. The summed E-state index contributed by atoms with van der Waals surface area (Å²) in [6, 6.07) is 6.02. The molecule has 2 heterocycles. The Bertz CT molecular complexity index is 1170. The highest BCUT2D eigenvalue weighted by Gasteiger charge is 2.37. The van der Waals surface area contributed by atoms with E-state index in [1.165, 1.54) is 36.7 Å². The number of H-pyrrole nitrogens is 1. The van der Waals surface area contributed by atoms with Crippen LogP contribution in [0, 0.1) is 0 Å². The number of carbonyl (C=O) groups is 1. The van der Waals surface area contributed by atoms with Gasteiger partial charge in [0, 0.05) is 12.0 Å². The number of amides is 1. The van der Waals surface area contributed by atoms with Gasteiger partial charge in [-0.15, -0.1) is 0 Å². The van der Waals surface area contributed by atoms with Gasteiger partial charge in [-0.2, -0.15) is 0 Å². The third kappa shape index (κ3) is 5.34. The van der Waals surface area contributed by atoms with Gasteiger partial charge in [0.1, 0.15) is 23.8 Å². The van der Waals surface area contributed by atoms with Gasteiger partial charge >= 0.3 is 5.91 Å². The molecule has 1 aliphatic heterocycles. The average molecular weight is 475 g/mol. The third-order valence-electron chi connectivity index (χ3n) is 5.28. The summed E-state index contributed by atoms with van der Waals surface area (Å²) < 4.78 is 30.2. The number of anilines is 1. The van der Waals surface area contributed by atoms with Crippen LogP contribution in [0.25, 0.3) is 0 Å². The Kier molecular flexibility index (Phi) is 6.65. The fraction of sp³-hybridized carbons (Fsp3) is 0.381. The van der Waals surface area contributed by atoms with E-state index in [0.29, 0.717) is 49.4 Å². The lowest BCUT2D eigenvalue weighted by Gasteiger charge is -2.09. The molecule has 174 valence electrons. The van der Waals surface area contributed by atoms with Gasteiger partial charge in [-0.1, -0.05) is 22.4 Å². The SMILES string of the molecule is C/C(=N/O)c1c[nH+]c(NC(=O)C(=NO[C@@H]2CCOC2)c2ccc(S(=O)(=O)C3CC3)cc2)cn1. The minimum Gasteiger partial charge on any atom is -0.411 e. The molecule has 11 nitrogen and oxygen atoms in total. The minimum atomic E-state index is -3.34. The monoisotopic (exact) mass is 474 g/mol. The van der Waals surface area contributed by atoms with Crippen molar-refractivity contribution in [1.82, 2.24) is 4.98 Å². The van der Waals surface area contributed by atoms with Crippen LogP contribution in [0.4, 0.5) is 5.82 Å². The van der Waals surface area contributed by atoms with Gasteiger partial charge in [0.15, 0.2) is 21.7 Å². The number of hydrogen-bond donors (Lipinski definition) is 2. The van der Waals surface area contributed by atoms with Crippen LogP contribution in [0.15, 0.2) is 51.9 Å². The molecule has 33 heavy (non-hydrogen) atoms. The number of nitrogens with one attached hydrogen (secondary N) is 2. The lowest BCUT2D eigenvalue weighted by Crippen LogP contribution is -2.28. The Labute approximate surface area is 190 Å². The molecule has 2 fully saturated rings. The summed E-state index contributed by atoms with van der Waals surface area (Å²) in [6.07, 6.45) is 4.58. The second-order valence-electron chi connectivity index (χ2n) is 7.78. The summed E-state index contributed by atoms with van der Waals surface area (Å²) >= 11 is 0. The van der Waals surface area contributed by atoms with E-state index in [1.54, 1.807) is 6.92 Å². The number of carbonyl (C=O) groups excluding carboxylic acids is 1. The largest absolute Gasteiger partial charge is 0.411 e. The molecule has 4 rings (SSSR count). The summed E-state index contributed by atoms with van der Waals surface area (Å²) in [7, 11) is -3.34. The molecule has 1 saturated carbocycles. The lowest BCUT2D eigenvalue weighted by molar-refractivity contribution is -0.361. The van der Waals surface area contributed by atoms with Crippen molar-refractivity contribution in [1.29, 1.82) is 0 Å². The van der Waals surface area contributed by atoms with Gasteiger partial charge in [-0.25, -0.2) is 28.5 Å². The zero-order valence-electron chi connectivity index (χ0n) is 17.9. The third-order valence-corrected chi connectivity index (χ3v) is 7.56. The number of rotatable bonds is 8. The molecule has 1 aromatic heterocycles. The number of oxime groups is 2. The maximum atomic E-state index is 13.0. The van der Waals surface area contributed by atoms with Crippen molar-refractivity contribution in [3.63, 3.8) is 0 Å². The molecule has 0 radical (unpaired) electrons. The molecule has 1 aliphatic carbocycles. The number of sulfone groups is 1. The summed E-state index contributed by atoms with van der Waals surface area (Å²) in [5.41, 5.74) is 1.08. The summed E-state index contributed by atoms with van der Waals surface area (Å²) in [5, 5.41) is 18.3. The number of ether oxygens (including phenoxy) is 1. The fourth-order valence-electron chi connectivity index (χ4n) is 3.18. The van der Waals surface area contributed by atoms with E-state index in [9.17, 15) is 13.2 Å². The van der Waals surface area contributed by atoms with Crippen LogP contribution in [0.3, 0.4) is 0 Å². The molecule has 12 heteroatoms. The molecule has 1 saturated heterocycles. The molecule has 2 aliphatic rings. The van der Waals surface area contributed by atoms with Gasteiger partial charge in [-0.3, -0.25) is 0 Å². The van der Waals surface area contributed by atoms with Crippen LogP contribution in [0.5, 0.6) is 0 Å². The molecular weight excluding hydrogens is 450 g/mol. The molecule has 2 aromatic rings. The average Bonchev–Trinajstić information content (AvgIpc) is 3.57. The first-order valence-electron chi connectivity index (χ1n) is 10.4. The summed E-state index contributed by atoms with van der Waals surface area (Å²) in [5.74, 6) is -0.301. The zero-order chi connectivity index (χ0) is 23.4. The van der Waals surface area contributed by atoms with Crippen LogP contribution in [0.2, 0.25) is 0 Å². The maximum Gasteiger partial charge on any atom is 0.361 e. The topological polar surface area (TPSA) is 154 Å². The summed E-state index contributed by atoms with van der Waals surface area (Å²) in [4.78, 5) is 25.7.